The van der Waals surface area contributed by atoms with Gasteiger partial charge >= 0.3 is 0 Å². The van der Waals surface area contributed by atoms with Crippen molar-refractivity contribution in [1.82, 2.24) is 0 Å². The third-order valence-electron chi connectivity index (χ3n) is 4.69. The standard InChI is InChI=1S/C21H24O9/c1-28-16-8-11(4-5-15(16)24)2-3-12-6-13(23)9-14(7-12)29-21-20(27)19(26)18(25)17(10-22)30-21/h2-9,17-27H,10H2,1H3. The van der Waals surface area contributed by atoms with Crippen molar-refractivity contribution < 1.29 is 44.8 Å². The van der Waals surface area contributed by atoms with Crippen molar-refractivity contribution in [2.24, 2.45) is 0 Å². The first-order valence-corrected chi connectivity index (χ1v) is 9.18. The molecule has 6 N–H and O–H groups in total. The van der Waals surface area contributed by atoms with Crippen LogP contribution in [0.25, 0.3) is 12.2 Å². The van der Waals surface area contributed by atoms with E-state index in [1.165, 1.54) is 25.3 Å². The molecule has 0 aromatic heterocycles. The van der Waals surface area contributed by atoms with E-state index in [0.717, 1.165) is 5.56 Å². The minimum atomic E-state index is -1.57. The molecule has 0 radical (unpaired) electrons. The maximum Gasteiger partial charge on any atom is 0.229 e. The van der Waals surface area contributed by atoms with Crippen LogP contribution in [0.15, 0.2) is 36.4 Å². The fourth-order valence-electron chi connectivity index (χ4n) is 3.06. The van der Waals surface area contributed by atoms with E-state index in [-0.39, 0.29) is 17.2 Å². The SMILES string of the molecule is COc1cc(C=Cc2cc(O)cc(OC3OC(CO)C(O)C(O)C3O)c2)ccc1O. The summed E-state index contributed by atoms with van der Waals surface area (Å²) in [7, 11) is 1.44. The van der Waals surface area contributed by atoms with Gasteiger partial charge in [0.05, 0.1) is 13.7 Å². The minimum Gasteiger partial charge on any atom is -0.508 e. The van der Waals surface area contributed by atoms with Gasteiger partial charge in [0.2, 0.25) is 6.29 Å². The summed E-state index contributed by atoms with van der Waals surface area (Å²) in [5, 5.41) is 58.7. The topological polar surface area (TPSA) is 149 Å². The van der Waals surface area contributed by atoms with Crippen LogP contribution in [0.1, 0.15) is 11.1 Å². The Morgan fingerprint density at radius 3 is 2.37 bits per heavy atom. The van der Waals surface area contributed by atoms with E-state index in [1.54, 1.807) is 30.4 Å². The average Bonchev–Trinajstić information content (AvgIpc) is 2.73. The summed E-state index contributed by atoms with van der Waals surface area (Å²) in [5.41, 5.74) is 1.30. The first-order valence-electron chi connectivity index (χ1n) is 9.18. The summed E-state index contributed by atoms with van der Waals surface area (Å²) < 4.78 is 15.9. The first kappa shape index (κ1) is 21.9. The number of hydrogen-bond donors (Lipinski definition) is 6. The predicted molar refractivity (Wildman–Crippen MR) is 106 cm³/mol. The molecular weight excluding hydrogens is 396 g/mol. The fourth-order valence-corrected chi connectivity index (χ4v) is 3.06. The number of hydrogen-bond acceptors (Lipinski definition) is 9. The van der Waals surface area contributed by atoms with E-state index in [2.05, 4.69) is 0 Å². The number of methoxy groups -OCH3 is 1. The molecule has 5 unspecified atom stereocenters. The second kappa shape index (κ2) is 9.33. The molecule has 1 aliphatic heterocycles. The van der Waals surface area contributed by atoms with Crippen LogP contribution in [-0.2, 0) is 4.74 Å². The number of aliphatic hydroxyl groups excluding tert-OH is 4. The van der Waals surface area contributed by atoms with Crippen LogP contribution < -0.4 is 9.47 Å². The van der Waals surface area contributed by atoms with Gasteiger partial charge in [-0.15, -0.1) is 0 Å². The smallest absolute Gasteiger partial charge is 0.229 e. The molecule has 9 nitrogen and oxygen atoms in total. The number of phenols is 2. The predicted octanol–water partition coefficient (Wildman–Crippen LogP) is 0.455. The fraction of sp³-hybridized carbons (Fsp3) is 0.333. The Balaban J connectivity index is 1.78. The van der Waals surface area contributed by atoms with Gasteiger partial charge in [0.1, 0.15) is 35.9 Å². The molecule has 0 aliphatic carbocycles. The van der Waals surface area contributed by atoms with Crippen LogP contribution in [0.4, 0.5) is 0 Å². The van der Waals surface area contributed by atoms with E-state index < -0.39 is 37.3 Å². The molecule has 162 valence electrons. The Morgan fingerprint density at radius 1 is 0.933 bits per heavy atom. The highest BCUT2D eigenvalue weighted by molar-refractivity contribution is 5.72. The normalized spacial score (nSPS) is 26.6. The average molecular weight is 420 g/mol. The molecule has 0 amide bonds. The highest BCUT2D eigenvalue weighted by Crippen LogP contribution is 2.30. The lowest BCUT2D eigenvalue weighted by molar-refractivity contribution is -0.277. The minimum absolute atomic E-state index is 0.0159. The lowest BCUT2D eigenvalue weighted by Gasteiger charge is -2.39. The van der Waals surface area contributed by atoms with Gasteiger partial charge < -0.3 is 44.8 Å². The molecule has 0 spiro atoms. The van der Waals surface area contributed by atoms with Crippen molar-refractivity contribution >= 4 is 12.2 Å². The molecule has 1 fully saturated rings. The summed E-state index contributed by atoms with van der Waals surface area (Å²) >= 11 is 0. The maximum atomic E-state index is 10.1. The van der Waals surface area contributed by atoms with Crippen LogP contribution in [0, 0.1) is 0 Å². The van der Waals surface area contributed by atoms with Gasteiger partial charge in [-0.25, -0.2) is 0 Å². The van der Waals surface area contributed by atoms with Crippen molar-refractivity contribution in [1.29, 1.82) is 0 Å². The summed E-state index contributed by atoms with van der Waals surface area (Å²) in [6, 6.07) is 9.16. The number of aliphatic hydroxyl groups is 4. The van der Waals surface area contributed by atoms with Gasteiger partial charge in [0, 0.05) is 6.07 Å². The molecule has 1 saturated heterocycles. The second-order valence-electron chi connectivity index (χ2n) is 6.84. The lowest BCUT2D eigenvalue weighted by atomic mass is 9.99. The van der Waals surface area contributed by atoms with Crippen LogP contribution in [0.5, 0.6) is 23.0 Å². The third kappa shape index (κ3) is 4.84. The van der Waals surface area contributed by atoms with Crippen LogP contribution in [0.3, 0.4) is 0 Å². The van der Waals surface area contributed by atoms with Gasteiger partial charge in [-0.05, 0) is 35.4 Å². The molecule has 2 aromatic carbocycles. The maximum absolute atomic E-state index is 10.1. The zero-order chi connectivity index (χ0) is 21.8. The van der Waals surface area contributed by atoms with Crippen LogP contribution >= 0.6 is 0 Å². The third-order valence-corrected chi connectivity index (χ3v) is 4.69. The van der Waals surface area contributed by atoms with Crippen molar-refractivity contribution in [2.45, 2.75) is 30.7 Å². The van der Waals surface area contributed by atoms with Gasteiger partial charge in [0.15, 0.2) is 11.5 Å². The number of rotatable bonds is 6. The van der Waals surface area contributed by atoms with Crippen LogP contribution in [0.2, 0.25) is 0 Å². The largest absolute Gasteiger partial charge is 0.508 e. The molecule has 5 atom stereocenters. The first-order chi connectivity index (χ1) is 14.3. The zero-order valence-corrected chi connectivity index (χ0v) is 16.1. The van der Waals surface area contributed by atoms with E-state index >= 15 is 0 Å². The number of benzene rings is 2. The van der Waals surface area contributed by atoms with E-state index in [9.17, 15) is 30.6 Å². The summed E-state index contributed by atoms with van der Waals surface area (Å²) in [6.45, 7) is -0.574. The second-order valence-corrected chi connectivity index (χ2v) is 6.84. The monoisotopic (exact) mass is 420 g/mol. The highest BCUT2D eigenvalue weighted by atomic mass is 16.7. The quantitative estimate of drug-likeness (QED) is 0.366. The Morgan fingerprint density at radius 2 is 1.67 bits per heavy atom. The van der Waals surface area contributed by atoms with Crippen molar-refractivity contribution in [3.05, 3.63) is 47.5 Å². The lowest BCUT2D eigenvalue weighted by Crippen LogP contribution is -2.60. The van der Waals surface area contributed by atoms with Gasteiger partial charge in [-0.2, -0.15) is 0 Å². The van der Waals surface area contributed by atoms with Crippen molar-refractivity contribution in [3.8, 4) is 23.0 Å². The Labute approximate surface area is 172 Å². The van der Waals surface area contributed by atoms with Crippen molar-refractivity contribution in [2.75, 3.05) is 13.7 Å². The highest BCUT2D eigenvalue weighted by Gasteiger charge is 2.44. The number of aromatic hydroxyl groups is 2. The van der Waals surface area contributed by atoms with Gasteiger partial charge in [-0.3, -0.25) is 0 Å². The molecule has 0 saturated carbocycles. The zero-order valence-electron chi connectivity index (χ0n) is 16.1. The molecule has 30 heavy (non-hydrogen) atoms. The Bertz CT molecular complexity index is 896. The molecule has 1 aliphatic rings. The van der Waals surface area contributed by atoms with Crippen molar-refractivity contribution in [3.63, 3.8) is 0 Å². The molecular formula is C21H24O9. The molecule has 2 aromatic rings. The molecule has 1 heterocycles. The summed E-state index contributed by atoms with van der Waals surface area (Å²) in [4.78, 5) is 0. The Kier molecular flexibility index (Phi) is 6.80. The van der Waals surface area contributed by atoms with E-state index in [4.69, 9.17) is 14.2 Å². The summed E-state index contributed by atoms with van der Waals surface area (Å²) in [5.74, 6) is 0.365. The van der Waals surface area contributed by atoms with Gasteiger partial charge in [-0.1, -0.05) is 18.2 Å². The van der Waals surface area contributed by atoms with Crippen LogP contribution in [-0.4, -0.2) is 75.1 Å². The van der Waals surface area contributed by atoms with E-state index in [0.29, 0.717) is 11.3 Å². The van der Waals surface area contributed by atoms with E-state index in [1.807, 2.05) is 0 Å². The summed E-state index contributed by atoms with van der Waals surface area (Å²) in [6.07, 6.45) is -3.67. The number of phenolic OH excluding ortho intramolecular Hbond substituents is 2. The number of ether oxygens (including phenoxy) is 3. The molecule has 3 rings (SSSR count). The Hall–Kier alpha value is -2.82. The molecule has 9 heteroatoms. The molecule has 0 bridgehead atoms. The van der Waals surface area contributed by atoms with Gasteiger partial charge in [0.25, 0.3) is 0 Å².